The van der Waals surface area contributed by atoms with Gasteiger partial charge in [-0.25, -0.2) is 0 Å². The number of nitrogen functional groups attached to an aromatic ring is 1. The molecule has 22 heavy (non-hydrogen) atoms. The number of halogens is 2. The van der Waals surface area contributed by atoms with Crippen molar-refractivity contribution < 1.29 is 4.79 Å². The molecular weight excluding hydrogens is 321 g/mol. The summed E-state index contributed by atoms with van der Waals surface area (Å²) in [4.78, 5) is 16.2. The van der Waals surface area contributed by atoms with Gasteiger partial charge in [-0.2, -0.15) is 0 Å². The van der Waals surface area contributed by atoms with Crippen molar-refractivity contribution in [3.8, 4) is 0 Å². The van der Waals surface area contributed by atoms with Gasteiger partial charge in [0.15, 0.2) is 0 Å². The van der Waals surface area contributed by atoms with Gasteiger partial charge in [0.25, 0.3) is 5.91 Å². The number of hydrogen-bond donors (Lipinski definition) is 2. The van der Waals surface area contributed by atoms with Gasteiger partial charge in [0.05, 0.1) is 11.6 Å². The molecule has 1 heterocycles. The average Bonchev–Trinajstić information content (AvgIpc) is 2.48. The van der Waals surface area contributed by atoms with Gasteiger partial charge in [0, 0.05) is 18.1 Å². The number of pyridine rings is 1. The van der Waals surface area contributed by atoms with Gasteiger partial charge in [-0.1, -0.05) is 6.07 Å². The Hall–Kier alpha value is -1.78. The van der Waals surface area contributed by atoms with E-state index in [0.29, 0.717) is 5.56 Å². The van der Waals surface area contributed by atoms with Crippen LogP contribution in [0.25, 0.3) is 0 Å². The van der Waals surface area contributed by atoms with Crippen LogP contribution in [0, 0.1) is 0 Å². The van der Waals surface area contributed by atoms with Gasteiger partial charge in [-0.3, -0.25) is 9.78 Å². The van der Waals surface area contributed by atoms with E-state index in [1.165, 1.54) is 11.1 Å². The highest BCUT2D eigenvalue weighted by atomic mass is 35.5. The SMILES string of the molecule is Cl.Cl.Nc1ccc2c(c1)CCCC2NC(=O)c1cccnc1. The molecule has 0 saturated heterocycles. The maximum Gasteiger partial charge on any atom is 0.253 e. The van der Waals surface area contributed by atoms with Crippen LogP contribution in [0.4, 0.5) is 5.69 Å². The Morgan fingerprint density at radius 1 is 1.27 bits per heavy atom. The number of aryl methyl sites for hydroxylation is 1. The summed E-state index contributed by atoms with van der Waals surface area (Å²) >= 11 is 0. The second-order valence-corrected chi connectivity index (χ2v) is 5.12. The molecule has 3 N–H and O–H groups in total. The van der Waals surface area contributed by atoms with Crippen molar-refractivity contribution in [3.05, 3.63) is 59.4 Å². The van der Waals surface area contributed by atoms with Crippen LogP contribution in [0.5, 0.6) is 0 Å². The predicted molar refractivity (Wildman–Crippen MR) is 92.7 cm³/mol. The van der Waals surface area contributed by atoms with Crippen molar-refractivity contribution in [3.63, 3.8) is 0 Å². The molecule has 1 atom stereocenters. The van der Waals surface area contributed by atoms with Gasteiger partial charge >= 0.3 is 0 Å². The Balaban J connectivity index is 0.00000121. The third-order valence-corrected chi connectivity index (χ3v) is 3.71. The van der Waals surface area contributed by atoms with Crippen LogP contribution in [0.1, 0.15) is 40.4 Å². The molecule has 0 spiro atoms. The number of nitrogens with zero attached hydrogens (tertiary/aromatic N) is 1. The molecule has 1 aliphatic rings. The fraction of sp³-hybridized carbons (Fsp3) is 0.250. The van der Waals surface area contributed by atoms with Crippen molar-refractivity contribution in [2.45, 2.75) is 25.3 Å². The smallest absolute Gasteiger partial charge is 0.253 e. The van der Waals surface area contributed by atoms with Gasteiger partial charge in [0.2, 0.25) is 0 Å². The number of hydrogen-bond acceptors (Lipinski definition) is 3. The Labute approximate surface area is 142 Å². The average molecular weight is 340 g/mol. The number of nitrogens with one attached hydrogen (secondary N) is 1. The number of fused-ring (bicyclic) bond motifs is 1. The van der Waals surface area contributed by atoms with Crippen molar-refractivity contribution in [2.24, 2.45) is 0 Å². The van der Waals surface area contributed by atoms with Crippen molar-refractivity contribution in [2.75, 3.05) is 5.73 Å². The Morgan fingerprint density at radius 2 is 2.09 bits per heavy atom. The molecular formula is C16H19Cl2N3O. The molecule has 1 aromatic heterocycles. The fourth-order valence-electron chi connectivity index (χ4n) is 2.72. The number of carbonyl (C=O) groups is 1. The molecule has 3 rings (SSSR count). The molecule has 0 aliphatic heterocycles. The van der Waals surface area contributed by atoms with E-state index in [0.717, 1.165) is 24.9 Å². The molecule has 1 amide bonds. The maximum absolute atomic E-state index is 12.2. The minimum absolute atomic E-state index is 0. The molecule has 4 nitrogen and oxygen atoms in total. The molecule has 118 valence electrons. The molecule has 0 saturated carbocycles. The first-order chi connectivity index (χ1) is 9.74. The van der Waals surface area contributed by atoms with E-state index in [2.05, 4.69) is 10.3 Å². The van der Waals surface area contributed by atoms with Gasteiger partial charge in [-0.05, 0) is 54.7 Å². The Morgan fingerprint density at radius 3 is 2.82 bits per heavy atom. The van der Waals surface area contributed by atoms with Crippen LogP contribution in [0.15, 0.2) is 42.7 Å². The zero-order valence-corrected chi connectivity index (χ0v) is 13.6. The summed E-state index contributed by atoms with van der Waals surface area (Å²) in [5.41, 5.74) is 9.62. The minimum atomic E-state index is -0.0761. The van der Waals surface area contributed by atoms with Crippen LogP contribution in [-0.2, 0) is 6.42 Å². The minimum Gasteiger partial charge on any atom is -0.399 e. The van der Waals surface area contributed by atoms with Crippen molar-refractivity contribution in [1.29, 1.82) is 0 Å². The van der Waals surface area contributed by atoms with Crippen LogP contribution in [0.2, 0.25) is 0 Å². The second kappa shape index (κ2) is 8.01. The van der Waals surface area contributed by atoms with E-state index in [1.807, 2.05) is 18.2 Å². The highest BCUT2D eigenvalue weighted by Crippen LogP contribution is 2.31. The largest absolute Gasteiger partial charge is 0.399 e. The van der Waals surface area contributed by atoms with Gasteiger partial charge in [-0.15, -0.1) is 24.8 Å². The van der Waals surface area contributed by atoms with Gasteiger partial charge < -0.3 is 11.1 Å². The summed E-state index contributed by atoms with van der Waals surface area (Å²) in [6.07, 6.45) is 6.30. The zero-order valence-electron chi connectivity index (χ0n) is 12.0. The molecule has 1 aliphatic carbocycles. The van der Waals surface area contributed by atoms with Crippen LogP contribution < -0.4 is 11.1 Å². The van der Waals surface area contributed by atoms with E-state index in [4.69, 9.17) is 5.73 Å². The van der Waals surface area contributed by atoms with Crippen molar-refractivity contribution >= 4 is 36.4 Å². The summed E-state index contributed by atoms with van der Waals surface area (Å²) in [5.74, 6) is -0.0761. The highest BCUT2D eigenvalue weighted by molar-refractivity contribution is 5.94. The second-order valence-electron chi connectivity index (χ2n) is 5.12. The normalized spacial score (nSPS) is 15.7. The lowest BCUT2D eigenvalue weighted by Crippen LogP contribution is -2.31. The molecule has 0 bridgehead atoms. The first-order valence-corrected chi connectivity index (χ1v) is 6.83. The number of amides is 1. The molecule has 1 unspecified atom stereocenters. The van der Waals surface area contributed by atoms with E-state index in [9.17, 15) is 4.79 Å². The number of nitrogens with two attached hydrogens (primary N) is 1. The molecule has 6 heteroatoms. The van der Waals surface area contributed by atoms with E-state index in [1.54, 1.807) is 24.5 Å². The number of rotatable bonds is 2. The lowest BCUT2D eigenvalue weighted by molar-refractivity contribution is 0.0932. The van der Waals surface area contributed by atoms with E-state index >= 15 is 0 Å². The summed E-state index contributed by atoms with van der Waals surface area (Å²) in [5, 5.41) is 3.09. The number of carbonyl (C=O) groups excluding carboxylic acids is 1. The summed E-state index contributed by atoms with van der Waals surface area (Å²) in [7, 11) is 0. The summed E-state index contributed by atoms with van der Waals surface area (Å²) < 4.78 is 0. The molecule has 0 radical (unpaired) electrons. The molecule has 1 aromatic carbocycles. The number of aromatic nitrogens is 1. The van der Waals surface area contributed by atoms with E-state index in [-0.39, 0.29) is 36.8 Å². The highest BCUT2D eigenvalue weighted by Gasteiger charge is 2.22. The van der Waals surface area contributed by atoms with E-state index < -0.39 is 0 Å². The maximum atomic E-state index is 12.2. The lowest BCUT2D eigenvalue weighted by Gasteiger charge is -2.26. The molecule has 0 fully saturated rings. The third-order valence-electron chi connectivity index (χ3n) is 3.71. The van der Waals surface area contributed by atoms with Crippen LogP contribution in [-0.4, -0.2) is 10.9 Å². The van der Waals surface area contributed by atoms with Crippen molar-refractivity contribution in [1.82, 2.24) is 10.3 Å². The first kappa shape index (κ1) is 18.3. The topological polar surface area (TPSA) is 68.0 Å². The zero-order chi connectivity index (χ0) is 13.9. The fourth-order valence-corrected chi connectivity index (χ4v) is 2.72. The summed E-state index contributed by atoms with van der Waals surface area (Å²) in [6.45, 7) is 0. The number of anilines is 1. The Kier molecular flexibility index (Phi) is 6.65. The quantitative estimate of drug-likeness (QED) is 0.824. The first-order valence-electron chi connectivity index (χ1n) is 6.83. The lowest BCUT2D eigenvalue weighted by atomic mass is 9.87. The summed E-state index contributed by atoms with van der Waals surface area (Å²) in [6, 6.07) is 9.54. The van der Waals surface area contributed by atoms with Crippen LogP contribution in [0.3, 0.4) is 0 Å². The van der Waals surface area contributed by atoms with Crippen LogP contribution >= 0.6 is 24.8 Å². The molecule has 2 aromatic rings. The monoisotopic (exact) mass is 339 g/mol. The third kappa shape index (κ3) is 3.90. The Bertz CT molecular complexity index is 635. The predicted octanol–water partition coefficient (Wildman–Crippen LogP) is 3.31. The number of benzene rings is 1. The van der Waals surface area contributed by atoms with Gasteiger partial charge in [0.1, 0.15) is 0 Å². The standard InChI is InChI=1S/C16H17N3O.2ClH/c17-13-6-7-14-11(9-13)3-1-5-15(14)19-16(20)12-4-2-8-18-10-12;;/h2,4,6-10,15H,1,3,5,17H2,(H,19,20);2*1H.